The molecule has 0 amide bonds. The number of rotatable bonds is 6. The van der Waals surface area contributed by atoms with Crippen molar-refractivity contribution in [1.82, 2.24) is 15.2 Å². The van der Waals surface area contributed by atoms with Crippen LogP contribution in [-0.2, 0) is 16.4 Å². The van der Waals surface area contributed by atoms with Gasteiger partial charge in [0.1, 0.15) is 16.3 Å². The molecule has 0 aliphatic heterocycles. The summed E-state index contributed by atoms with van der Waals surface area (Å²) in [5.41, 5.74) is 1.71. The Morgan fingerprint density at radius 1 is 1.28 bits per heavy atom. The summed E-state index contributed by atoms with van der Waals surface area (Å²) < 4.78 is 38.4. The lowest BCUT2D eigenvalue weighted by molar-refractivity contribution is 0.417. The second-order valence-corrected chi connectivity index (χ2v) is 7.10. The number of aromatic nitrogens is 3. The van der Waals surface area contributed by atoms with Gasteiger partial charge in [0, 0.05) is 12.6 Å². The number of ether oxygens (including phenoxy) is 1. The Kier molecular flexibility index (Phi) is 4.49. The van der Waals surface area contributed by atoms with Crippen molar-refractivity contribution in [2.75, 3.05) is 11.8 Å². The van der Waals surface area contributed by atoms with Crippen molar-refractivity contribution in [3.05, 3.63) is 41.9 Å². The van der Waals surface area contributed by atoms with Crippen LogP contribution in [0.2, 0.25) is 0 Å². The molecule has 0 fully saturated rings. The first-order valence-corrected chi connectivity index (χ1v) is 9.10. The van der Waals surface area contributed by atoms with Crippen LogP contribution < -0.4 is 9.46 Å². The molecule has 8 nitrogen and oxygen atoms in total. The summed E-state index contributed by atoms with van der Waals surface area (Å²) in [5, 5.41) is 7.76. The number of aryl methyl sites for hydroxylation is 2. The predicted molar refractivity (Wildman–Crippen MR) is 92.0 cm³/mol. The van der Waals surface area contributed by atoms with E-state index >= 15 is 0 Å². The average Bonchev–Trinajstić information content (AvgIpc) is 3.24. The summed E-state index contributed by atoms with van der Waals surface area (Å²) in [4.78, 5) is 2.90. The highest BCUT2D eigenvalue weighted by Crippen LogP contribution is 2.29. The minimum Gasteiger partial charge on any atom is -0.495 e. The van der Waals surface area contributed by atoms with Gasteiger partial charge in [0.2, 0.25) is 5.89 Å². The Morgan fingerprint density at radius 3 is 2.76 bits per heavy atom. The van der Waals surface area contributed by atoms with Crippen LogP contribution in [0.5, 0.6) is 5.75 Å². The molecule has 0 atom stereocenters. The van der Waals surface area contributed by atoms with Gasteiger partial charge in [-0.3, -0.25) is 4.72 Å². The summed E-state index contributed by atoms with van der Waals surface area (Å²) in [5.74, 6) is 1.16. The van der Waals surface area contributed by atoms with E-state index in [1.165, 1.54) is 19.4 Å². The summed E-state index contributed by atoms with van der Waals surface area (Å²) in [6.07, 6.45) is 1.98. The van der Waals surface area contributed by atoms with E-state index in [2.05, 4.69) is 19.9 Å². The van der Waals surface area contributed by atoms with Gasteiger partial charge in [-0.15, -0.1) is 10.2 Å². The Balaban J connectivity index is 1.90. The van der Waals surface area contributed by atoms with Gasteiger partial charge < -0.3 is 14.1 Å². The Hall–Kier alpha value is -2.81. The monoisotopic (exact) mass is 362 g/mol. The number of anilines is 1. The van der Waals surface area contributed by atoms with Gasteiger partial charge in [-0.05, 0) is 30.7 Å². The Labute approximate surface area is 145 Å². The zero-order valence-corrected chi connectivity index (χ0v) is 14.8. The summed E-state index contributed by atoms with van der Waals surface area (Å²) in [6, 6.07) is 6.69. The quantitative estimate of drug-likeness (QED) is 0.698. The molecule has 0 bridgehead atoms. The van der Waals surface area contributed by atoms with Crippen molar-refractivity contribution in [3.63, 3.8) is 0 Å². The SMILES string of the molecule is CCc1nnc(-c2cc(S(=O)(=O)Nc3cc(C)ccc3OC)c[nH]2)o1. The van der Waals surface area contributed by atoms with Gasteiger partial charge in [0.25, 0.3) is 15.9 Å². The largest absolute Gasteiger partial charge is 0.495 e. The molecular weight excluding hydrogens is 344 g/mol. The molecule has 2 N–H and O–H groups in total. The van der Waals surface area contributed by atoms with E-state index < -0.39 is 10.0 Å². The summed E-state index contributed by atoms with van der Waals surface area (Å²) >= 11 is 0. The van der Waals surface area contributed by atoms with E-state index in [0.717, 1.165) is 5.56 Å². The van der Waals surface area contributed by atoms with Crippen LogP contribution in [-0.4, -0.2) is 30.7 Å². The topological polar surface area (TPSA) is 110 Å². The number of hydrogen-bond acceptors (Lipinski definition) is 6. The molecule has 0 aliphatic rings. The second-order valence-electron chi connectivity index (χ2n) is 5.41. The molecule has 25 heavy (non-hydrogen) atoms. The van der Waals surface area contributed by atoms with Gasteiger partial charge in [-0.25, -0.2) is 8.42 Å². The first-order chi connectivity index (χ1) is 11.9. The van der Waals surface area contributed by atoms with E-state index in [1.807, 2.05) is 19.9 Å². The van der Waals surface area contributed by atoms with Crippen molar-refractivity contribution in [1.29, 1.82) is 0 Å². The first-order valence-electron chi connectivity index (χ1n) is 7.61. The van der Waals surface area contributed by atoms with Crippen molar-refractivity contribution < 1.29 is 17.6 Å². The van der Waals surface area contributed by atoms with Gasteiger partial charge in [0.15, 0.2) is 0 Å². The Morgan fingerprint density at radius 2 is 2.08 bits per heavy atom. The minimum absolute atomic E-state index is 0.0577. The van der Waals surface area contributed by atoms with Crippen molar-refractivity contribution in [2.45, 2.75) is 25.2 Å². The molecule has 132 valence electrons. The summed E-state index contributed by atoms with van der Waals surface area (Å²) in [6.45, 7) is 3.76. The van der Waals surface area contributed by atoms with Crippen LogP contribution >= 0.6 is 0 Å². The van der Waals surface area contributed by atoms with E-state index in [-0.39, 0.29) is 10.8 Å². The number of hydrogen-bond donors (Lipinski definition) is 2. The molecule has 0 saturated carbocycles. The number of sulfonamides is 1. The lowest BCUT2D eigenvalue weighted by Gasteiger charge is -2.11. The zero-order chi connectivity index (χ0) is 18.0. The zero-order valence-electron chi connectivity index (χ0n) is 14.0. The molecule has 3 rings (SSSR count). The molecule has 0 aliphatic carbocycles. The molecule has 2 heterocycles. The average molecular weight is 362 g/mol. The molecule has 2 aromatic heterocycles. The molecular formula is C16H18N4O4S. The lowest BCUT2D eigenvalue weighted by Crippen LogP contribution is -2.13. The normalized spacial score (nSPS) is 11.5. The summed E-state index contributed by atoms with van der Waals surface area (Å²) in [7, 11) is -2.32. The molecule has 0 spiro atoms. The van der Waals surface area contributed by atoms with E-state index in [9.17, 15) is 8.42 Å². The Bertz CT molecular complexity index is 991. The van der Waals surface area contributed by atoms with Crippen LogP contribution in [0, 0.1) is 6.92 Å². The van der Waals surface area contributed by atoms with Crippen LogP contribution in [0.25, 0.3) is 11.6 Å². The van der Waals surface area contributed by atoms with Crippen LogP contribution in [0.3, 0.4) is 0 Å². The van der Waals surface area contributed by atoms with Gasteiger partial charge >= 0.3 is 0 Å². The third-order valence-corrected chi connectivity index (χ3v) is 4.91. The fourth-order valence-corrected chi connectivity index (χ4v) is 3.32. The lowest BCUT2D eigenvalue weighted by atomic mass is 10.2. The van der Waals surface area contributed by atoms with E-state index in [0.29, 0.717) is 29.4 Å². The fourth-order valence-electron chi connectivity index (χ4n) is 2.26. The second kappa shape index (κ2) is 6.60. The van der Waals surface area contributed by atoms with Crippen LogP contribution in [0.15, 0.2) is 39.8 Å². The standard InChI is InChI=1S/C16H18N4O4S/c1-4-15-18-19-16(24-15)13-8-11(9-17-13)25(21,22)20-12-7-10(2)5-6-14(12)23-3/h5-9,17,20H,4H2,1-3H3. The molecule has 9 heteroatoms. The number of benzene rings is 1. The van der Waals surface area contributed by atoms with E-state index in [4.69, 9.17) is 9.15 Å². The predicted octanol–water partition coefficient (Wildman–Crippen LogP) is 2.74. The highest BCUT2D eigenvalue weighted by molar-refractivity contribution is 7.92. The van der Waals surface area contributed by atoms with Gasteiger partial charge in [-0.2, -0.15) is 0 Å². The molecule has 0 saturated heterocycles. The maximum absolute atomic E-state index is 12.6. The maximum Gasteiger partial charge on any atom is 0.264 e. The first kappa shape index (κ1) is 17.0. The fraction of sp³-hybridized carbons (Fsp3) is 0.250. The van der Waals surface area contributed by atoms with Crippen LogP contribution in [0.1, 0.15) is 18.4 Å². The van der Waals surface area contributed by atoms with Gasteiger partial charge in [0.05, 0.1) is 12.8 Å². The number of nitrogens with one attached hydrogen (secondary N) is 2. The highest BCUT2D eigenvalue weighted by atomic mass is 32.2. The molecule has 3 aromatic rings. The third kappa shape index (κ3) is 3.50. The number of H-pyrrole nitrogens is 1. The van der Waals surface area contributed by atoms with Crippen molar-refractivity contribution in [3.8, 4) is 17.3 Å². The number of nitrogens with zero attached hydrogens (tertiary/aromatic N) is 2. The van der Waals surface area contributed by atoms with Crippen LogP contribution in [0.4, 0.5) is 5.69 Å². The number of aromatic amines is 1. The smallest absolute Gasteiger partial charge is 0.264 e. The van der Waals surface area contributed by atoms with Crippen molar-refractivity contribution in [2.24, 2.45) is 0 Å². The van der Waals surface area contributed by atoms with Crippen molar-refractivity contribution >= 4 is 15.7 Å². The molecule has 0 radical (unpaired) electrons. The van der Waals surface area contributed by atoms with Gasteiger partial charge in [-0.1, -0.05) is 13.0 Å². The molecule has 0 unspecified atom stereocenters. The third-order valence-electron chi connectivity index (χ3n) is 3.57. The highest BCUT2D eigenvalue weighted by Gasteiger charge is 2.20. The van der Waals surface area contributed by atoms with E-state index in [1.54, 1.807) is 12.1 Å². The maximum atomic E-state index is 12.6. The minimum atomic E-state index is -3.80. The number of methoxy groups -OCH3 is 1. The molecule has 1 aromatic carbocycles.